The molecule has 56 heavy (non-hydrogen) atoms. The summed E-state index contributed by atoms with van der Waals surface area (Å²) < 4.78 is 41.2. The number of benzene rings is 2. The van der Waals surface area contributed by atoms with Crippen molar-refractivity contribution in [3.63, 3.8) is 0 Å². The highest BCUT2D eigenvalue weighted by molar-refractivity contribution is 7.92. The summed E-state index contributed by atoms with van der Waals surface area (Å²) in [4.78, 5) is 43.2. The van der Waals surface area contributed by atoms with Crippen LogP contribution in [0.5, 0.6) is 11.6 Å². The molecule has 2 aromatic carbocycles. The third-order valence-corrected chi connectivity index (χ3v) is 13.8. The second-order valence-electron chi connectivity index (χ2n) is 16.5. The number of carbonyl (C=O) groups excluding carboxylic acids is 3. The van der Waals surface area contributed by atoms with Crippen LogP contribution in [0.4, 0.5) is 5.69 Å². The predicted octanol–water partition coefficient (Wildman–Crippen LogP) is 7.09. The molecule has 2 aliphatic heterocycles. The summed E-state index contributed by atoms with van der Waals surface area (Å²) in [5, 5.41) is 4.86. The summed E-state index contributed by atoms with van der Waals surface area (Å²) in [5.41, 5.74) is 3.16. The van der Waals surface area contributed by atoms with Gasteiger partial charge in [-0.25, -0.2) is 4.21 Å². The average Bonchev–Trinajstić information content (AvgIpc) is 3.44. The number of aryl methyl sites for hydroxylation is 2. The molecule has 3 heterocycles. The number of methoxy groups -OCH3 is 1. The largest absolute Gasteiger partial charge is 0.490 e. The second kappa shape index (κ2) is 16.2. The van der Waals surface area contributed by atoms with Gasteiger partial charge in [-0.2, -0.15) is 0 Å². The maximum atomic E-state index is 14.7. The van der Waals surface area contributed by atoms with Crippen molar-refractivity contribution < 1.29 is 32.8 Å². The number of hydrogen-bond donors (Lipinski definition) is 1. The van der Waals surface area contributed by atoms with Crippen molar-refractivity contribution in [3.05, 3.63) is 82.0 Å². The van der Waals surface area contributed by atoms with Gasteiger partial charge >= 0.3 is 5.97 Å². The van der Waals surface area contributed by atoms with E-state index in [4.69, 9.17) is 25.8 Å². The third kappa shape index (κ3) is 8.49. The van der Waals surface area contributed by atoms with Gasteiger partial charge in [0.05, 0.1) is 25.2 Å². The van der Waals surface area contributed by atoms with E-state index in [2.05, 4.69) is 31.2 Å². The van der Waals surface area contributed by atoms with Crippen molar-refractivity contribution in [2.75, 3.05) is 37.5 Å². The lowest BCUT2D eigenvalue weighted by Gasteiger charge is -2.46. The van der Waals surface area contributed by atoms with E-state index in [-0.39, 0.29) is 57.8 Å². The van der Waals surface area contributed by atoms with E-state index in [1.54, 1.807) is 25.2 Å². The number of rotatable bonds is 6. The van der Waals surface area contributed by atoms with Crippen molar-refractivity contribution in [2.45, 2.75) is 77.2 Å². The van der Waals surface area contributed by atoms with Crippen LogP contribution in [0.3, 0.4) is 0 Å². The molecule has 1 saturated carbocycles. The minimum Gasteiger partial charge on any atom is -0.490 e. The fraction of sp³-hybridized carbons (Fsp3) is 0.524. The van der Waals surface area contributed by atoms with Crippen LogP contribution in [0.2, 0.25) is 5.02 Å². The Hall–Kier alpha value is -4.36. The van der Waals surface area contributed by atoms with Crippen molar-refractivity contribution in [2.24, 2.45) is 35.1 Å². The van der Waals surface area contributed by atoms with E-state index in [1.807, 2.05) is 39.0 Å². The molecule has 14 heteroatoms. The summed E-state index contributed by atoms with van der Waals surface area (Å²) in [6.07, 6.45) is 10.5. The number of nitrogens with one attached hydrogen (secondary N) is 1. The molecule has 12 nitrogen and oxygen atoms in total. The highest BCUT2D eigenvalue weighted by Gasteiger charge is 2.45. The van der Waals surface area contributed by atoms with Gasteiger partial charge in [0.25, 0.3) is 11.8 Å². The number of allylic oxidation sites excluding steroid dienone is 1. The molecule has 2 amide bonds. The van der Waals surface area contributed by atoms with Crippen LogP contribution in [0, 0.1) is 23.7 Å². The lowest BCUT2D eigenvalue weighted by Crippen LogP contribution is -2.50. The first-order chi connectivity index (χ1) is 26.7. The molecule has 1 spiro atoms. The van der Waals surface area contributed by atoms with Crippen LogP contribution in [0.15, 0.2) is 59.1 Å². The van der Waals surface area contributed by atoms with Crippen molar-refractivity contribution in [1.82, 2.24) is 14.5 Å². The molecule has 6 atom stereocenters. The van der Waals surface area contributed by atoms with Crippen LogP contribution >= 0.6 is 11.6 Å². The number of esters is 1. The minimum atomic E-state index is -3.67. The molecular formula is C42H52ClN5O7S. The molecule has 1 fully saturated rings. The Morgan fingerprint density at radius 1 is 1.18 bits per heavy atom. The number of ether oxygens (including phenoxy) is 3. The van der Waals surface area contributed by atoms with Crippen molar-refractivity contribution in [3.8, 4) is 11.6 Å². The van der Waals surface area contributed by atoms with E-state index >= 15 is 0 Å². The van der Waals surface area contributed by atoms with E-state index in [1.165, 1.54) is 29.1 Å². The fourth-order valence-electron chi connectivity index (χ4n) is 8.75. The Morgan fingerprint density at radius 2 is 2.00 bits per heavy atom. The molecule has 7 rings (SSSR count). The normalized spacial score (nSPS) is 28.1. The molecule has 300 valence electrons. The number of hydrogen-bond acceptors (Lipinski definition) is 9. The molecule has 1 aromatic heterocycles. The molecule has 0 radical (unpaired) electrons. The van der Waals surface area contributed by atoms with E-state index in [9.17, 15) is 18.6 Å². The summed E-state index contributed by atoms with van der Waals surface area (Å²) in [6.45, 7) is 7.63. The first-order valence-corrected chi connectivity index (χ1v) is 21.7. The zero-order valence-corrected chi connectivity index (χ0v) is 34.4. The third-order valence-electron chi connectivity index (χ3n) is 11.6. The predicted molar refractivity (Wildman–Crippen MR) is 216 cm³/mol. The van der Waals surface area contributed by atoms with Crippen LogP contribution < -0.4 is 19.1 Å². The van der Waals surface area contributed by atoms with Crippen molar-refractivity contribution in [1.29, 1.82) is 0 Å². The Morgan fingerprint density at radius 3 is 2.75 bits per heavy atom. The van der Waals surface area contributed by atoms with Gasteiger partial charge in [-0.15, -0.1) is 9.46 Å². The zero-order chi connectivity index (χ0) is 39.8. The van der Waals surface area contributed by atoms with Gasteiger partial charge < -0.3 is 19.1 Å². The van der Waals surface area contributed by atoms with Crippen LogP contribution in [0.25, 0.3) is 0 Å². The Labute approximate surface area is 334 Å². The average molecular weight is 806 g/mol. The van der Waals surface area contributed by atoms with Gasteiger partial charge in [0.2, 0.25) is 5.88 Å². The molecule has 2 aliphatic carbocycles. The van der Waals surface area contributed by atoms with Gasteiger partial charge in [-0.05, 0) is 104 Å². The SMILES string of the molecule is COc1nn(C)cc1C(=O)NS1(=O)=NC(=O)c2ccc3c(c2)N(C[C@@H]2CC[C@H]2[C@@H](OC(=O)CC(C)C)/C=C/C[C@H](C)C1)C[C@@]1(CCCc2cc(Cl)ccc21)CO3. The van der Waals surface area contributed by atoms with Gasteiger partial charge in [0, 0.05) is 54.7 Å². The first kappa shape index (κ1) is 39.9. The molecule has 2 bridgehead atoms. The molecule has 4 aliphatic rings. The van der Waals surface area contributed by atoms with Crippen LogP contribution in [0.1, 0.15) is 91.1 Å². The Kier molecular flexibility index (Phi) is 11.6. The van der Waals surface area contributed by atoms with E-state index in [0.29, 0.717) is 43.3 Å². The smallest absolute Gasteiger partial charge is 0.306 e. The summed E-state index contributed by atoms with van der Waals surface area (Å²) in [6, 6.07) is 11.4. The van der Waals surface area contributed by atoms with Crippen LogP contribution in [-0.2, 0) is 38.3 Å². The molecule has 1 unspecified atom stereocenters. The monoisotopic (exact) mass is 805 g/mol. The summed E-state index contributed by atoms with van der Waals surface area (Å²) >= 11 is 6.48. The highest BCUT2D eigenvalue weighted by atomic mass is 35.5. The van der Waals surface area contributed by atoms with E-state index < -0.39 is 27.8 Å². The topological polar surface area (TPSA) is 141 Å². The standard InChI is InChI=1S/C42H52ClN5O7S/c1-26(2)18-38(49)55-36-10-6-8-27(3)23-56(52,46-40(51)33-22-47(4)44-41(33)53-5)45-39(50)29-12-16-37-35(20-29)48(21-30-11-14-32(30)36)24-42(25-54-37)17-7-9-28-19-31(43)13-15-34(28)42/h6,10,12-13,15-16,19-20,22,26-27,30,32,36H,7-9,11,14,17-18,21,23-25H2,1-5H3,(H,45,46,50,51,52)/b10-6+/t27-,30-,32+,36-,42-,56?/m0/s1. The number of amides is 2. The Balaban J connectivity index is 1.31. The van der Waals surface area contributed by atoms with Gasteiger partial charge in [0.1, 0.15) is 27.3 Å². The lowest BCUT2D eigenvalue weighted by atomic mass is 9.68. The van der Waals surface area contributed by atoms with Gasteiger partial charge in [-0.1, -0.05) is 44.5 Å². The maximum Gasteiger partial charge on any atom is 0.306 e. The minimum absolute atomic E-state index is 0.0585. The number of anilines is 1. The van der Waals surface area contributed by atoms with Gasteiger partial charge in [0.15, 0.2) is 0 Å². The lowest BCUT2D eigenvalue weighted by molar-refractivity contribution is -0.153. The number of fused-ring (bicyclic) bond motifs is 4. The molecule has 3 aromatic rings. The molecule has 1 N–H and O–H groups in total. The second-order valence-corrected chi connectivity index (χ2v) is 18.9. The summed E-state index contributed by atoms with van der Waals surface area (Å²) in [5.74, 6) is -0.883. The number of halogens is 1. The van der Waals surface area contributed by atoms with E-state index in [0.717, 1.165) is 37.8 Å². The first-order valence-electron chi connectivity index (χ1n) is 19.6. The van der Waals surface area contributed by atoms with Crippen LogP contribution in [-0.4, -0.2) is 70.4 Å². The highest BCUT2D eigenvalue weighted by Crippen LogP contribution is 2.47. The number of carbonyl (C=O) groups is 3. The zero-order valence-electron chi connectivity index (χ0n) is 32.8. The molecular weight excluding hydrogens is 754 g/mol. The summed E-state index contributed by atoms with van der Waals surface area (Å²) in [7, 11) is -0.642. The maximum absolute atomic E-state index is 14.7. The van der Waals surface area contributed by atoms with Crippen molar-refractivity contribution >= 4 is 45.0 Å². The Bertz CT molecular complexity index is 2160. The fourth-order valence-corrected chi connectivity index (χ4v) is 10.8. The molecule has 0 saturated heterocycles. The number of aromatic nitrogens is 2. The quantitative estimate of drug-likeness (QED) is 0.204. The van der Waals surface area contributed by atoms with Gasteiger partial charge in [-0.3, -0.25) is 23.8 Å². The number of nitrogens with zero attached hydrogens (tertiary/aromatic N) is 4.